The quantitative estimate of drug-likeness (QED) is 0.652. The van der Waals surface area contributed by atoms with E-state index in [4.69, 9.17) is 19.7 Å². The fraction of sp³-hybridized carbons (Fsp3) is 0.368. The van der Waals surface area contributed by atoms with Gasteiger partial charge in [0.2, 0.25) is 0 Å². The first-order valence-electron chi connectivity index (χ1n) is 7.94. The molecule has 2 rings (SSSR count). The molecule has 0 atom stereocenters. The fourth-order valence-electron chi connectivity index (χ4n) is 2.72. The highest BCUT2D eigenvalue weighted by Crippen LogP contribution is 2.41. The summed E-state index contributed by atoms with van der Waals surface area (Å²) in [7, 11) is 0. The maximum atomic E-state index is 10.2. The van der Waals surface area contributed by atoms with Gasteiger partial charge >= 0.3 is 0 Å². The highest BCUT2D eigenvalue weighted by atomic mass is 16.5. The van der Waals surface area contributed by atoms with Crippen LogP contribution in [0.3, 0.4) is 0 Å². The summed E-state index contributed by atoms with van der Waals surface area (Å²) >= 11 is 0. The van der Waals surface area contributed by atoms with Crippen LogP contribution in [0.4, 0.5) is 0 Å². The molecular weight excluding hydrogens is 308 g/mol. The van der Waals surface area contributed by atoms with Crippen molar-refractivity contribution in [3.8, 4) is 11.5 Å². The van der Waals surface area contributed by atoms with Crippen molar-refractivity contribution in [1.82, 2.24) is 0 Å². The molecule has 0 amide bonds. The van der Waals surface area contributed by atoms with Gasteiger partial charge in [0, 0.05) is 16.5 Å². The van der Waals surface area contributed by atoms with Gasteiger partial charge < -0.3 is 24.8 Å². The average Bonchev–Trinajstić information content (AvgIpc) is 2.64. The van der Waals surface area contributed by atoms with Crippen LogP contribution in [0.2, 0.25) is 0 Å². The van der Waals surface area contributed by atoms with Crippen LogP contribution in [0.15, 0.2) is 48.5 Å². The molecule has 5 nitrogen and oxygen atoms in total. The maximum absolute atomic E-state index is 10.2. The second-order valence-corrected chi connectivity index (χ2v) is 5.63. The zero-order chi connectivity index (χ0) is 17.4. The molecule has 0 radical (unpaired) electrons. The van der Waals surface area contributed by atoms with Gasteiger partial charge in [0.15, 0.2) is 0 Å². The van der Waals surface area contributed by atoms with Crippen molar-refractivity contribution in [2.24, 2.45) is 0 Å². The standard InChI is InChI=1S/C19H24O5/c1-19(14-22,15-6-2-4-8-17(15)23-12-10-20)16-7-3-5-9-18(16)24-13-11-21/h2-9,20-22H,10-14H2,1H3. The molecule has 24 heavy (non-hydrogen) atoms. The van der Waals surface area contributed by atoms with Gasteiger partial charge in [-0.05, 0) is 19.1 Å². The Morgan fingerprint density at radius 2 is 1.17 bits per heavy atom. The van der Waals surface area contributed by atoms with Crippen LogP contribution in [0, 0.1) is 0 Å². The monoisotopic (exact) mass is 332 g/mol. The molecule has 0 fully saturated rings. The molecule has 0 saturated heterocycles. The number of hydrogen-bond donors (Lipinski definition) is 3. The van der Waals surface area contributed by atoms with E-state index in [0.29, 0.717) is 11.5 Å². The van der Waals surface area contributed by atoms with Crippen molar-refractivity contribution in [3.63, 3.8) is 0 Å². The van der Waals surface area contributed by atoms with Crippen molar-refractivity contribution >= 4 is 0 Å². The number of para-hydroxylation sites is 2. The smallest absolute Gasteiger partial charge is 0.123 e. The molecule has 5 heteroatoms. The third-order valence-corrected chi connectivity index (χ3v) is 3.98. The van der Waals surface area contributed by atoms with E-state index in [1.807, 2.05) is 55.5 Å². The van der Waals surface area contributed by atoms with Crippen molar-refractivity contribution in [2.45, 2.75) is 12.3 Å². The summed E-state index contributed by atoms with van der Waals surface area (Å²) in [5.41, 5.74) is 0.861. The molecule has 0 spiro atoms. The first-order valence-corrected chi connectivity index (χ1v) is 7.94. The van der Waals surface area contributed by atoms with Gasteiger partial charge in [0.05, 0.1) is 19.8 Å². The largest absolute Gasteiger partial charge is 0.491 e. The van der Waals surface area contributed by atoms with Crippen molar-refractivity contribution < 1.29 is 24.8 Å². The minimum atomic E-state index is -0.752. The number of aliphatic hydroxyl groups is 3. The van der Waals surface area contributed by atoms with Gasteiger partial charge in [-0.15, -0.1) is 0 Å². The van der Waals surface area contributed by atoms with Gasteiger partial charge in [-0.2, -0.15) is 0 Å². The van der Waals surface area contributed by atoms with Crippen LogP contribution in [0.5, 0.6) is 11.5 Å². The maximum Gasteiger partial charge on any atom is 0.123 e. The lowest BCUT2D eigenvalue weighted by Gasteiger charge is -2.32. The number of aliphatic hydroxyl groups excluding tert-OH is 3. The summed E-state index contributed by atoms with van der Waals surface area (Å²) in [6, 6.07) is 14.9. The second-order valence-electron chi connectivity index (χ2n) is 5.63. The molecule has 3 N–H and O–H groups in total. The van der Waals surface area contributed by atoms with Crippen LogP contribution in [-0.4, -0.2) is 48.4 Å². The summed E-state index contributed by atoms with van der Waals surface area (Å²) in [6.07, 6.45) is 0. The van der Waals surface area contributed by atoms with Gasteiger partial charge in [-0.3, -0.25) is 0 Å². The second kappa shape index (κ2) is 8.68. The predicted octanol–water partition coefficient (Wildman–Crippen LogP) is 1.73. The van der Waals surface area contributed by atoms with Crippen LogP contribution in [0.1, 0.15) is 18.1 Å². The van der Waals surface area contributed by atoms with Gasteiger partial charge in [-0.25, -0.2) is 0 Å². The molecule has 2 aromatic carbocycles. The normalized spacial score (nSPS) is 11.3. The lowest BCUT2D eigenvalue weighted by molar-refractivity contribution is 0.186. The summed E-state index contributed by atoms with van der Waals surface area (Å²) < 4.78 is 11.3. The van der Waals surface area contributed by atoms with Crippen molar-refractivity contribution in [2.75, 3.05) is 33.0 Å². The summed E-state index contributed by atoms with van der Waals surface area (Å²) in [4.78, 5) is 0. The van der Waals surface area contributed by atoms with Gasteiger partial charge in [0.1, 0.15) is 24.7 Å². The molecule has 130 valence electrons. The lowest BCUT2D eigenvalue weighted by atomic mass is 9.76. The summed E-state index contributed by atoms with van der Waals surface area (Å²) in [5, 5.41) is 28.2. The van der Waals surface area contributed by atoms with E-state index >= 15 is 0 Å². The summed E-state index contributed by atoms with van der Waals surface area (Å²) in [5.74, 6) is 1.22. The molecule has 0 bridgehead atoms. The molecule has 0 saturated carbocycles. The van der Waals surface area contributed by atoms with Crippen molar-refractivity contribution in [3.05, 3.63) is 59.7 Å². The van der Waals surface area contributed by atoms with Crippen LogP contribution in [0.25, 0.3) is 0 Å². The number of hydrogen-bond acceptors (Lipinski definition) is 5. The predicted molar refractivity (Wildman–Crippen MR) is 91.6 cm³/mol. The van der Waals surface area contributed by atoms with E-state index < -0.39 is 5.41 Å². The Bertz CT molecular complexity index is 590. The SMILES string of the molecule is CC(CO)(c1ccccc1OCCO)c1ccccc1OCCO. The number of rotatable bonds is 9. The van der Waals surface area contributed by atoms with E-state index in [2.05, 4.69) is 0 Å². The Balaban J connectivity index is 2.49. The van der Waals surface area contributed by atoms with Crippen LogP contribution in [-0.2, 0) is 5.41 Å². The van der Waals surface area contributed by atoms with E-state index in [0.717, 1.165) is 11.1 Å². The Kier molecular flexibility index (Phi) is 6.61. The molecule has 0 aliphatic rings. The Morgan fingerprint density at radius 3 is 1.54 bits per heavy atom. The van der Waals surface area contributed by atoms with Gasteiger partial charge in [-0.1, -0.05) is 36.4 Å². The topological polar surface area (TPSA) is 79.2 Å². The zero-order valence-electron chi connectivity index (χ0n) is 13.8. The molecule has 2 aromatic rings. The first-order chi connectivity index (χ1) is 11.7. The highest BCUT2D eigenvalue weighted by molar-refractivity contribution is 5.51. The lowest BCUT2D eigenvalue weighted by Crippen LogP contribution is -2.30. The van der Waals surface area contributed by atoms with E-state index in [9.17, 15) is 5.11 Å². The van der Waals surface area contributed by atoms with E-state index in [-0.39, 0.29) is 33.0 Å². The third kappa shape index (κ3) is 3.87. The van der Waals surface area contributed by atoms with E-state index in [1.165, 1.54) is 0 Å². The minimum absolute atomic E-state index is 0.0830. The molecule has 0 aliphatic heterocycles. The third-order valence-electron chi connectivity index (χ3n) is 3.98. The van der Waals surface area contributed by atoms with E-state index in [1.54, 1.807) is 0 Å². The Morgan fingerprint density at radius 1 is 0.750 bits per heavy atom. The van der Waals surface area contributed by atoms with Gasteiger partial charge in [0.25, 0.3) is 0 Å². The number of benzene rings is 2. The fourth-order valence-corrected chi connectivity index (χ4v) is 2.72. The Labute approximate surface area is 142 Å². The van der Waals surface area contributed by atoms with Crippen LogP contribution < -0.4 is 9.47 Å². The molecule has 0 aliphatic carbocycles. The molecule has 0 aromatic heterocycles. The molecular formula is C19H24O5. The molecule has 0 unspecified atom stereocenters. The minimum Gasteiger partial charge on any atom is -0.491 e. The summed E-state index contributed by atoms with van der Waals surface area (Å²) in [6.45, 7) is 1.96. The van der Waals surface area contributed by atoms with Crippen molar-refractivity contribution in [1.29, 1.82) is 0 Å². The van der Waals surface area contributed by atoms with Crippen LogP contribution >= 0.6 is 0 Å². The Hall–Kier alpha value is -2.08. The zero-order valence-corrected chi connectivity index (χ0v) is 13.8. The highest BCUT2D eigenvalue weighted by Gasteiger charge is 2.33. The molecule has 0 heterocycles. The first kappa shape index (κ1) is 18.3. The average molecular weight is 332 g/mol. The number of ether oxygens (including phenoxy) is 2.